The molecule has 0 saturated carbocycles. The van der Waals surface area contributed by atoms with Crippen molar-refractivity contribution >= 4 is 27.5 Å². The number of alkyl halides is 1. The molecule has 0 fully saturated rings. The Bertz CT molecular complexity index is 639. The minimum absolute atomic E-state index is 0.272. The van der Waals surface area contributed by atoms with Crippen molar-refractivity contribution in [3.05, 3.63) is 68.9 Å². The summed E-state index contributed by atoms with van der Waals surface area (Å²) in [5.41, 5.74) is 4.68. The molecule has 2 aromatic rings. The van der Waals surface area contributed by atoms with Crippen molar-refractivity contribution in [2.24, 2.45) is 0 Å². The normalized spacial score (nSPS) is 15.8. The van der Waals surface area contributed by atoms with Crippen LogP contribution in [0.15, 0.2) is 40.9 Å². The standard InChI is InChI=1S/C17H15BrClF/c18-15-8-7-14(10-16(15)20)17(19)13-6-5-11-3-1-2-4-12(11)9-13/h5-10,17H,1-4H2. The van der Waals surface area contributed by atoms with Gasteiger partial charge in [0.15, 0.2) is 0 Å². The molecule has 0 saturated heterocycles. The van der Waals surface area contributed by atoms with E-state index in [1.807, 2.05) is 6.07 Å². The van der Waals surface area contributed by atoms with Gasteiger partial charge >= 0.3 is 0 Å². The zero-order valence-corrected chi connectivity index (χ0v) is 13.3. The summed E-state index contributed by atoms with van der Waals surface area (Å²) in [6.45, 7) is 0. The molecule has 3 heteroatoms. The molecule has 0 radical (unpaired) electrons. The maximum atomic E-state index is 13.6. The van der Waals surface area contributed by atoms with Crippen molar-refractivity contribution in [2.45, 2.75) is 31.1 Å². The van der Waals surface area contributed by atoms with Crippen LogP contribution in [0.2, 0.25) is 0 Å². The summed E-state index contributed by atoms with van der Waals surface area (Å²) < 4.78 is 14.1. The third kappa shape index (κ3) is 2.77. The minimum Gasteiger partial charge on any atom is -0.206 e. The summed E-state index contributed by atoms with van der Waals surface area (Å²) in [7, 11) is 0. The molecule has 1 atom stereocenters. The Morgan fingerprint density at radius 3 is 2.35 bits per heavy atom. The van der Waals surface area contributed by atoms with Crippen LogP contribution in [0, 0.1) is 5.82 Å². The van der Waals surface area contributed by atoms with Crippen LogP contribution in [0.1, 0.15) is 40.5 Å². The zero-order valence-electron chi connectivity index (χ0n) is 11.0. The number of hydrogen-bond donors (Lipinski definition) is 0. The van der Waals surface area contributed by atoms with Crippen LogP contribution in [0.3, 0.4) is 0 Å². The SMILES string of the molecule is Fc1cc(C(Cl)c2ccc3c(c2)CCCC3)ccc1Br. The van der Waals surface area contributed by atoms with E-state index in [2.05, 4.69) is 34.1 Å². The number of benzene rings is 2. The fraction of sp³-hybridized carbons (Fsp3) is 0.294. The van der Waals surface area contributed by atoms with Gasteiger partial charge in [-0.05, 0) is 76.0 Å². The first-order chi connectivity index (χ1) is 9.65. The van der Waals surface area contributed by atoms with Gasteiger partial charge in [0.2, 0.25) is 0 Å². The Kier molecular flexibility index (Phi) is 4.13. The van der Waals surface area contributed by atoms with Crippen molar-refractivity contribution in [3.8, 4) is 0 Å². The Labute approximate surface area is 132 Å². The third-order valence-electron chi connectivity index (χ3n) is 3.90. The van der Waals surface area contributed by atoms with E-state index in [0.717, 1.165) is 24.0 Å². The first-order valence-electron chi connectivity index (χ1n) is 6.86. The Hall–Kier alpha value is -0.860. The van der Waals surface area contributed by atoms with Crippen LogP contribution in [0.25, 0.3) is 0 Å². The van der Waals surface area contributed by atoms with Gasteiger partial charge < -0.3 is 0 Å². The molecule has 0 bridgehead atoms. The van der Waals surface area contributed by atoms with E-state index < -0.39 is 0 Å². The highest BCUT2D eigenvalue weighted by Gasteiger charge is 2.16. The maximum absolute atomic E-state index is 13.6. The highest BCUT2D eigenvalue weighted by molar-refractivity contribution is 9.10. The Balaban J connectivity index is 1.93. The van der Waals surface area contributed by atoms with Crippen LogP contribution in [-0.2, 0) is 12.8 Å². The topological polar surface area (TPSA) is 0 Å². The van der Waals surface area contributed by atoms with Crippen molar-refractivity contribution in [1.29, 1.82) is 0 Å². The van der Waals surface area contributed by atoms with E-state index in [-0.39, 0.29) is 11.2 Å². The van der Waals surface area contributed by atoms with Gasteiger partial charge in [0.05, 0.1) is 9.85 Å². The molecule has 3 rings (SSSR count). The van der Waals surface area contributed by atoms with Crippen molar-refractivity contribution in [1.82, 2.24) is 0 Å². The van der Waals surface area contributed by atoms with Crippen LogP contribution in [0.4, 0.5) is 4.39 Å². The van der Waals surface area contributed by atoms with E-state index in [9.17, 15) is 4.39 Å². The average molecular weight is 354 g/mol. The van der Waals surface area contributed by atoms with Crippen molar-refractivity contribution < 1.29 is 4.39 Å². The number of fused-ring (bicyclic) bond motifs is 1. The number of rotatable bonds is 2. The fourth-order valence-electron chi connectivity index (χ4n) is 2.77. The van der Waals surface area contributed by atoms with E-state index in [4.69, 9.17) is 11.6 Å². The first kappa shape index (κ1) is 14.1. The number of halogens is 3. The zero-order chi connectivity index (χ0) is 14.1. The highest BCUT2D eigenvalue weighted by Crippen LogP contribution is 2.33. The molecule has 1 aliphatic rings. The van der Waals surface area contributed by atoms with Gasteiger partial charge in [-0.15, -0.1) is 11.6 Å². The summed E-state index contributed by atoms with van der Waals surface area (Å²) in [6.07, 6.45) is 4.81. The van der Waals surface area contributed by atoms with E-state index >= 15 is 0 Å². The van der Waals surface area contributed by atoms with Crippen molar-refractivity contribution in [2.75, 3.05) is 0 Å². The van der Waals surface area contributed by atoms with Gasteiger partial charge in [-0.25, -0.2) is 4.39 Å². The highest BCUT2D eigenvalue weighted by atomic mass is 79.9. The largest absolute Gasteiger partial charge is 0.206 e. The molecule has 0 spiro atoms. The van der Waals surface area contributed by atoms with Gasteiger partial charge in [0, 0.05) is 0 Å². The van der Waals surface area contributed by atoms with Gasteiger partial charge in [0.1, 0.15) is 5.82 Å². The second kappa shape index (κ2) is 5.87. The molecule has 1 aliphatic carbocycles. The fourth-order valence-corrected chi connectivity index (χ4v) is 3.29. The van der Waals surface area contributed by atoms with Gasteiger partial charge in [-0.2, -0.15) is 0 Å². The number of hydrogen-bond acceptors (Lipinski definition) is 0. The Morgan fingerprint density at radius 2 is 1.60 bits per heavy atom. The van der Waals surface area contributed by atoms with Crippen LogP contribution in [0.5, 0.6) is 0 Å². The molecular weight excluding hydrogens is 339 g/mol. The lowest BCUT2D eigenvalue weighted by Crippen LogP contribution is -2.04. The summed E-state index contributed by atoms with van der Waals surface area (Å²) in [5.74, 6) is -0.272. The molecule has 2 aromatic carbocycles. The smallest absolute Gasteiger partial charge is 0.137 e. The maximum Gasteiger partial charge on any atom is 0.137 e. The second-order valence-electron chi connectivity index (χ2n) is 5.27. The summed E-state index contributed by atoms with van der Waals surface area (Å²) in [6, 6.07) is 11.5. The van der Waals surface area contributed by atoms with E-state index in [1.54, 1.807) is 6.07 Å². The molecule has 104 valence electrons. The molecule has 0 amide bonds. The quantitative estimate of drug-likeness (QED) is 0.599. The van der Waals surface area contributed by atoms with Gasteiger partial charge in [-0.3, -0.25) is 0 Å². The average Bonchev–Trinajstić information content (AvgIpc) is 2.49. The molecule has 1 unspecified atom stereocenters. The molecule has 20 heavy (non-hydrogen) atoms. The van der Waals surface area contributed by atoms with Crippen LogP contribution in [-0.4, -0.2) is 0 Å². The molecule has 0 aromatic heterocycles. The Morgan fingerprint density at radius 1 is 0.950 bits per heavy atom. The molecular formula is C17H15BrClF. The van der Waals surface area contributed by atoms with Gasteiger partial charge in [0.25, 0.3) is 0 Å². The lowest BCUT2D eigenvalue weighted by atomic mass is 9.89. The predicted molar refractivity (Wildman–Crippen MR) is 84.9 cm³/mol. The summed E-state index contributed by atoms with van der Waals surface area (Å²) in [5, 5.41) is -0.301. The van der Waals surface area contributed by atoms with E-state index in [0.29, 0.717) is 4.47 Å². The van der Waals surface area contributed by atoms with Gasteiger partial charge in [-0.1, -0.05) is 24.3 Å². The molecule has 0 heterocycles. The molecule has 0 aliphatic heterocycles. The predicted octanol–water partition coefficient (Wildman–Crippen LogP) is 5.80. The minimum atomic E-state index is -0.301. The lowest BCUT2D eigenvalue weighted by Gasteiger charge is -2.18. The summed E-state index contributed by atoms with van der Waals surface area (Å²) in [4.78, 5) is 0. The molecule has 0 N–H and O–H groups in total. The van der Waals surface area contributed by atoms with E-state index in [1.165, 1.54) is 30.0 Å². The monoisotopic (exact) mass is 352 g/mol. The first-order valence-corrected chi connectivity index (χ1v) is 8.09. The lowest BCUT2D eigenvalue weighted by molar-refractivity contribution is 0.619. The third-order valence-corrected chi connectivity index (χ3v) is 5.05. The summed E-state index contributed by atoms with van der Waals surface area (Å²) >= 11 is 9.68. The molecule has 0 nitrogen and oxygen atoms in total. The number of aryl methyl sites for hydroxylation is 2. The van der Waals surface area contributed by atoms with Crippen LogP contribution < -0.4 is 0 Å². The van der Waals surface area contributed by atoms with Crippen molar-refractivity contribution in [3.63, 3.8) is 0 Å². The second-order valence-corrected chi connectivity index (χ2v) is 6.56. The van der Waals surface area contributed by atoms with Crippen LogP contribution >= 0.6 is 27.5 Å².